The van der Waals surface area contributed by atoms with Crippen molar-refractivity contribution in [2.45, 2.75) is 13.8 Å². The molecule has 3 aromatic carbocycles. The zero-order valence-corrected chi connectivity index (χ0v) is 18.2. The van der Waals surface area contributed by atoms with Gasteiger partial charge in [-0.25, -0.2) is 4.98 Å². The molecule has 2 aromatic heterocycles. The Bertz CT molecular complexity index is 1440. The molecule has 33 heavy (non-hydrogen) atoms. The summed E-state index contributed by atoms with van der Waals surface area (Å²) in [6.07, 6.45) is 1.72. The van der Waals surface area contributed by atoms with Gasteiger partial charge in [0.2, 0.25) is 5.88 Å². The third-order valence-corrected chi connectivity index (χ3v) is 5.47. The van der Waals surface area contributed by atoms with Gasteiger partial charge in [0, 0.05) is 23.0 Å². The van der Waals surface area contributed by atoms with Crippen LogP contribution in [-0.2, 0) is 0 Å². The number of rotatable bonds is 5. The van der Waals surface area contributed by atoms with Gasteiger partial charge in [-0.2, -0.15) is 0 Å². The highest BCUT2D eigenvalue weighted by Gasteiger charge is 2.09. The van der Waals surface area contributed by atoms with E-state index in [9.17, 15) is 4.79 Å². The first kappa shape index (κ1) is 20.4. The molecule has 2 heterocycles. The summed E-state index contributed by atoms with van der Waals surface area (Å²) in [5.74, 6) is 1.48. The highest BCUT2D eigenvalue weighted by molar-refractivity contribution is 6.06. The summed E-state index contributed by atoms with van der Waals surface area (Å²) in [7, 11) is 0. The number of benzene rings is 3. The Hall–Kier alpha value is -4.52. The fraction of sp³-hybridized carbons (Fsp3) is 0.0769. The number of carbonyl (C=O) groups is 1. The Kier molecular flexibility index (Phi) is 5.28. The highest BCUT2D eigenvalue weighted by atomic mass is 16.5. The Morgan fingerprint density at radius 2 is 1.67 bits per heavy atom. The average molecular weight is 435 g/mol. The van der Waals surface area contributed by atoms with Gasteiger partial charge in [-0.3, -0.25) is 9.36 Å². The minimum atomic E-state index is -0.166. The summed E-state index contributed by atoms with van der Waals surface area (Å²) in [5, 5.41) is 13.4. The molecular formula is C26H21N5O2. The van der Waals surface area contributed by atoms with E-state index in [-0.39, 0.29) is 5.91 Å². The van der Waals surface area contributed by atoms with E-state index < -0.39 is 0 Å². The Morgan fingerprint density at radius 3 is 2.36 bits per heavy atom. The van der Waals surface area contributed by atoms with E-state index in [2.05, 4.69) is 20.5 Å². The number of imidazole rings is 1. The Balaban J connectivity index is 1.24. The number of amides is 1. The van der Waals surface area contributed by atoms with Crippen molar-refractivity contribution in [3.8, 4) is 17.4 Å². The number of ether oxygens (including phenoxy) is 1. The van der Waals surface area contributed by atoms with Gasteiger partial charge in [-0.15, -0.1) is 10.2 Å². The van der Waals surface area contributed by atoms with Gasteiger partial charge >= 0.3 is 0 Å². The van der Waals surface area contributed by atoms with Crippen LogP contribution in [0.1, 0.15) is 21.7 Å². The number of aryl methyl sites for hydroxylation is 1. The van der Waals surface area contributed by atoms with Gasteiger partial charge in [0.1, 0.15) is 12.1 Å². The van der Waals surface area contributed by atoms with E-state index in [4.69, 9.17) is 4.74 Å². The fourth-order valence-corrected chi connectivity index (χ4v) is 3.49. The minimum absolute atomic E-state index is 0.166. The third kappa shape index (κ3) is 4.29. The Labute approximate surface area is 190 Å². The van der Waals surface area contributed by atoms with Crippen LogP contribution in [0.2, 0.25) is 0 Å². The second-order valence-electron chi connectivity index (χ2n) is 7.66. The first-order chi connectivity index (χ1) is 16.1. The van der Waals surface area contributed by atoms with E-state index in [1.165, 1.54) is 0 Å². The van der Waals surface area contributed by atoms with Crippen LogP contribution < -0.4 is 10.1 Å². The first-order valence-corrected chi connectivity index (χ1v) is 10.5. The van der Waals surface area contributed by atoms with E-state index >= 15 is 0 Å². The molecule has 0 fully saturated rings. The van der Waals surface area contributed by atoms with Gasteiger partial charge in [0.15, 0.2) is 5.82 Å². The molecule has 1 amide bonds. The quantitative estimate of drug-likeness (QED) is 0.395. The van der Waals surface area contributed by atoms with Crippen LogP contribution in [0.25, 0.3) is 16.6 Å². The summed E-state index contributed by atoms with van der Waals surface area (Å²) < 4.78 is 7.66. The van der Waals surface area contributed by atoms with Crippen LogP contribution in [0.15, 0.2) is 85.2 Å². The maximum Gasteiger partial charge on any atom is 0.255 e. The number of hydrogen-bond donors (Lipinski definition) is 1. The molecule has 7 heteroatoms. The molecule has 0 spiro atoms. The second kappa shape index (κ2) is 8.55. The van der Waals surface area contributed by atoms with Crippen LogP contribution >= 0.6 is 0 Å². The van der Waals surface area contributed by atoms with E-state index in [0.717, 1.165) is 22.2 Å². The molecule has 5 rings (SSSR count). The summed E-state index contributed by atoms with van der Waals surface area (Å²) in [6, 6.07) is 24.3. The minimum Gasteiger partial charge on any atom is -0.438 e. The molecule has 0 radical (unpaired) electrons. The summed E-state index contributed by atoms with van der Waals surface area (Å²) in [4.78, 5) is 16.9. The highest BCUT2D eigenvalue weighted by Crippen LogP contribution is 2.23. The van der Waals surface area contributed by atoms with Crippen LogP contribution in [0, 0.1) is 13.8 Å². The standard InChI is InChI=1S/C26H21N5O2/c1-17-18(2)31(16-27-17)24-13-14-25(30-29-24)33-23-11-9-22(10-12-23)28-26(32)21-8-7-19-5-3-4-6-20(19)15-21/h3-16H,1-2H3,(H,28,32). The van der Waals surface area contributed by atoms with Crippen molar-refractivity contribution < 1.29 is 9.53 Å². The third-order valence-electron chi connectivity index (χ3n) is 5.47. The molecule has 5 aromatic rings. The predicted molar refractivity (Wildman–Crippen MR) is 127 cm³/mol. The molecule has 0 saturated heterocycles. The van der Waals surface area contributed by atoms with Crippen molar-refractivity contribution in [1.82, 2.24) is 19.7 Å². The molecule has 162 valence electrons. The molecule has 7 nitrogen and oxygen atoms in total. The first-order valence-electron chi connectivity index (χ1n) is 10.5. The van der Waals surface area contributed by atoms with Crippen molar-refractivity contribution in [3.63, 3.8) is 0 Å². The van der Waals surface area contributed by atoms with E-state index in [1.807, 2.05) is 66.9 Å². The molecule has 0 saturated carbocycles. The van der Waals surface area contributed by atoms with Crippen LogP contribution in [-0.4, -0.2) is 25.7 Å². The number of aromatic nitrogens is 4. The smallest absolute Gasteiger partial charge is 0.255 e. The number of nitrogens with one attached hydrogen (secondary N) is 1. The molecular weight excluding hydrogens is 414 g/mol. The predicted octanol–water partition coefficient (Wildman–Crippen LogP) is 5.48. The van der Waals surface area contributed by atoms with Crippen molar-refractivity contribution in [2.24, 2.45) is 0 Å². The SMILES string of the molecule is Cc1ncn(-c2ccc(Oc3ccc(NC(=O)c4ccc5ccccc5c4)cc3)nn2)c1C. The lowest BCUT2D eigenvalue weighted by Gasteiger charge is -2.09. The summed E-state index contributed by atoms with van der Waals surface area (Å²) in [5.41, 5.74) is 3.24. The normalized spacial score (nSPS) is 10.8. The Morgan fingerprint density at radius 1 is 0.879 bits per heavy atom. The molecule has 0 aliphatic rings. The van der Waals surface area contributed by atoms with Crippen molar-refractivity contribution >= 4 is 22.4 Å². The maximum atomic E-state index is 12.6. The number of fused-ring (bicyclic) bond motifs is 1. The number of nitrogens with zero attached hydrogens (tertiary/aromatic N) is 4. The van der Waals surface area contributed by atoms with Crippen LogP contribution in [0.4, 0.5) is 5.69 Å². The molecule has 1 N–H and O–H groups in total. The second-order valence-corrected chi connectivity index (χ2v) is 7.66. The monoisotopic (exact) mass is 435 g/mol. The molecule has 0 unspecified atom stereocenters. The lowest BCUT2D eigenvalue weighted by atomic mass is 10.1. The molecule has 0 aliphatic heterocycles. The molecule has 0 atom stereocenters. The lowest BCUT2D eigenvalue weighted by Crippen LogP contribution is -2.11. The van der Waals surface area contributed by atoms with Crippen LogP contribution in [0.5, 0.6) is 11.6 Å². The summed E-state index contributed by atoms with van der Waals surface area (Å²) in [6.45, 7) is 3.93. The van der Waals surface area contributed by atoms with Gasteiger partial charge in [-0.05, 0) is 67.1 Å². The summed E-state index contributed by atoms with van der Waals surface area (Å²) >= 11 is 0. The number of hydrogen-bond acceptors (Lipinski definition) is 5. The van der Waals surface area contributed by atoms with Gasteiger partial charge in [0.25, 0.3) is 5.91 Å². The lowest BCUT2D eigenvalue weighted by molar-refractivity contribution is 0.102. The molecule has 0 aliphatic carbocycles. The van der Waals surface area contributed by atoms with Crippen molar-refractivity contribution in [2.75, 3.05) is 5.32 Å². The van der Waals surface area contributed by atoms with Crippen molar-refractivity contribution in [1.29, 1.82) is 0 Å². The number of anilines is 1. The van der Waals surface area contributed by atoms with E-state index in [1.54, 1.807) is 36.7 Å². The number of carbonyl (C=O) groups excluding carboxylic acids is 1. The van der Waals surface area contributed by atoms with Gasteiger partial charge < -0.3 is 10.1 Å². The zero-order chi connectivity index (χ0) is 22.8. The fourth-order valence-electron chi connectivity index (χ4n) is 3.49. The largest absolute Gasteiger partial charge is 0.438 e. The van der Waals surface area contributed by atoms with Crippen molar-refractivity contribution in [3.05, 3.63) is 102 Å². The maximum absolute atomic E-state index is 12.6. The zero-order valence-electron chi connectivity index (χ0n) is 18.2. The van der Waals surface area contributed by atoms with Gasteiger partial charge in [0.05, 0.1) is 5.69 Å². The molecule has 0 bridgehead atoms. The van der Waals surface area contributed by atoms with E-state index in [0.29, 0.717) is 28.7 Å². The van der Waals surface area contributed by atoms with Gasteiger partial charge in [-0.1, -0.05) is 30.3 Å². The average Bonchev–Trinajstić information content (AvgIpc) is 3.18. The topological polar surface area (TPSA) is 81.9 Å². The van der Waals surface area contributed by atoms with Crippen LogP contribution in [0.3, 0.4) is 0 Å².